The highest BCUT2D eigenvalue weighted by Crippen LogP contribution is 2.33. The Labute approximate surface area is 125 Å². The first kappa shape index (κ1) is 14.6. The van der Waals surface area contributed by atoms with Gasteiger partial charge in [0.05, 0.1) is 12.1 Å². The fourth-order valence-electron chi connectivity index (χ4n) is 3.84. The second-order valence-electron chi connectivity index (χ2n) is 6.75. The molecule has 0 aromatic carbocycles. The molecule has 0 spiro atoms. The molecular weight excluding hydrogens is 266 g/mol. The Bertz CT molecular complexity index is 520. The molecule has 3 rings (SSSR count). The highest BCUT2D eigenvalue weighted by Gasteiger charge is 2.37. The topological polar surface area (TPSA) is 78.0 Å². The number of H-pyrrole nitrogens is 1. The van der Waals surface area contributed by atoms with Crippen molar-refractivity contribution in [1.29, 1.82) is 0 Å². The molecular formula is C16H25N3O2. The number of aliphatic hydroxyl groups is 1. The lowest BCUT2D eigenvalue weighted by Crippen LogP contribution is -2.55. The highest BCUT2D eigenvalue weighted by atomic mass is 16.3. The van der Waals surface area contributed by atoms with Crippen LogP contribution in [0.2, 0.25) is 0 Å². The van der Waals surface area contributed by atoms with Crippen molar-refractivity contribution < 1.29 is 9.90 Å². The number of hydrogen-bond donors (Lipinski definition) is 3. The molecule has 3 N–H and O–H groups in total. The molecule has 5 heteroatoms. The molecule has 0 bridgehead atoms. The number of rotatable bonds is 4. The summed E-state index contributed by atoms with van der Waals surface area (Å²) in [7, 11) is 0. The Morgan fingerprint density at radius 3 is 2.81 bits per heavy atom. The molecule has 1 heterocycles. The summed E-state index contributed by atoms with van der Waals surface area (Å²) in [6, 6.07) is 0. The van der Waals surface area contributed by atoms with Gasteiger partial charge in [0.15, 0.2) is 5.69 Å². The summed E-state index contributed by atoms with van der Waals surface area (Å²) in [5.41, 5.74) is 2.15. The maximum Gasteiger partial charge on any atom is 0.272 e. The lowest BCUT2D eigenvalue weighted by Gasteiger charge is -2.39. The predicted octanol–water partition coefficient (Wildman–Crippen LogP) is 1.96. The lowest BCUT2D eigenvalue weighted by molar-refractivity contribution is 0.0675. The first-order valence-corrected chi connectivity index (χ1v) is 8.13. The van der Waals surface area contributed by atoms with Crippen LogP contribution in [0.3, 0.4) is 0 Å². The third kappa shape index (κ3) is 2.71. The smallest absolute Gasteiger partial charge is 0.272 e. The third-order valence-electron chi connectivity index (χ3n) is 5.26. The van der Waals surface area contributed by atoms with Crippen LogP contribution in [0.4, 0.5) is 0 Å². The van der Waals surface area contributed by atoms with E-state index >= 15 is 0 Å². The Balaban J connectivity index is 1.75. The summed E-state index contributed by atoms with van der Waals surface area (Å²) in [6.07, 6.45) is 8.79. The number of aromatic amines is 1. The van der Waals surface area contributed by atoms with Gasteiger partial charge in [-0.3, -0.25) is 9.89 Å². The van der Waals surface area contributed by atoms with Crippen LogP contribution >= 0.6 is 0 Å². The minimum atomic E-state index is -0.540. The zero-order chi connectivity index (χ0) is 14.9. The molecule has 1 unspecified atom stereocenters. The van der Waals surface area contributed by atoms with Gasteiger partial charge in [0, 0.05) is 11.3 Å². The molecule has 1 aromatic rings. The van der Waals surface area contributed by atoms with Crippen molar-refractivity contribution in [3.63, 3.8) is 0 Å². The molecule has 116 valence electrons. The van der Waals surface area contributed by atoms with Crippen LogP contribution < -0.4 is 5.32 Å². The summed E-state index contributed by atoms with van der Waals surface area (Å²) in [4.78, 5) is 12.6. The van der Waals surface area contributed by atoms with E-state index in [2.05, 4.69) is 15.5 Å². The molecule has 1 aromatic heterocycles. The van der Waals surface area contributed by atoms with Crippen LogP contribution in [0.5, 0.6) is 0 Å². The number of amides is 1. The van der Waals surface area contributed by atoms with Gasteiger partial charge < -0.3 is 10.4 Å². The maximum absolute atomic E-state index is 12.6. The van der Waals surface area contributed by atoms with Crippen molar-refractivity contribution in [3.8, 4) is 0 Å². The summed E-state index contributed by atoms with van der Waals surface area (Å²) < 4.78 is 0. The number of aryl methyl sites for hydroxylation is 1. The second kappa shape index (κ2) is 5.79. The van der Waals surface area contributed by atoms with Crippen LogP contribution in [0, 0.1) is 5.92 Å². The van der Waals surface area contributed by atoms with E-state index in [0.29, 0.717) is 11.6 Å². The fraction of sp³-hybridized carbons (Fsp3) is 0.750. The molecule has 1 atom stereocenters. The summed E-state index contributed by atoms with van der Waals surface area (Å²) in [5.74, 6) is 0.212. The number of carbonyl (C=O) groups is 1. The number of aromatic nitrogens is 2. The average Bonchev–Trinajstić information content (AvgIpc) is 3.10. The summed E-state index contributed by atoms with van der Waals surface area (Å²) in [5, 5.41) is 20.1. The van der Waals surface area contributed by atoms with E-state index < -0.39 is 5.54 Å². The number of aliphatic hydroxyl groups excluding tert-OH is 1. The van der Waals surface area contributed by atoms with Gasteiger partial charge in [-0.2, -0.15) is 5.10 Å². The first-order valence-electron chi connectivity index (χ1n) is 8.13. The lowest BCUT2D eigenvalue weighted by atomic mass is 9.76. The number of fused-ring (bicyclic) bond motifs is 1. The minimum absolute atomic E-state index is 0.0178. The van der Waals surface area contributed by atoms with Crippen LogP contribution in [-0.4, -0.2) is 33.4 Å². The van der Waals surface area contributed by atoms with Crippen LogP contribution in [0.1, 0.15) is 67.2 Å². The Morgan fingerprint density at radius 2 is 2.10 bits per heavy atom. The van der Waals surface area contributed by atoms with Gasteiger partial charge in [0.2, 0.25) is 0 Å². The minimum Gasteiger partial charge on any atom is -0.394 e. The van der Waals surface area contributed by atoms with E-state index in [4.69, 9.17) is 0 Å². The van der Waals surface area contributed by atoms with Crippen molar-refractivity contribution in [2.24, 2.45) is 5.92 Å². The Hall–Kier alpha value is -1.36. The van der Waals surface area contributed by atoms with Gasteiger partial charge >= 0.3 is 0 Å². The largest absolute Gasteiger partial charge is 0.394 e. The molecule has 0 saturated heterocycles. The van der Waals surface area contributed by atoms with E-state index in [1.807, 2.05) is 6.92 Å². The zero-order valence-corrected chi connectivity index (χ0v) is 12.7. The number of carbonyl (C=O) groups excluding carboxylic acids is 1. The van der Waals surface area contributed by atoms with Crippen LogP contribution in [0.15, 0.2) is 0 Å². The maximum atomic E-state index is 12.6. The molecule has 0 radical (unpaired) electrons. The molecule has 1 fully saturated rings. The van der Waals surface area contributed by atoms with Crippen molar-refractivity contribution >= 4 is 5.91 Å². The molecule has 5 nitrogen and oxygen atoms in total. The van der Waals surface area contributed by atoms with Gasteiger partial charge in [-0.25, -0.2) is 0 Å². The molecule has 0 aliphatic heterocycles. The highest BCUT2D eigenvalue weighted by molar-refractivity contribution is 5.94. The third-order valence-corrected chi connectivity index (χ3v) is 5.26. The van der Waals surface area contributed by atoms with E-state index in [1.165, 1.54) is 19.3 Å². The van der Waals surface area contributed by atoms with Gasteiger partial charge in [-0.1, -0.05) is 19.3 Å². The van der Waals surface area contributed by atoms with Crippen molar-refractivity contribution in [2.45, 2.75) is 63.8 Å². The van der Waals surface area contributed by atoms with E-state index in [0.717, 1.165) is 43.4 Å². The average molecular weight is 291 g/mol. The second-order valence-corrected chi connectivity index (χ2v) is 6.75. The van der Waals surface area contributed by atoms with Gasteiger partial charge in [-0.15, -0.1) is 0 Å². The SMILES string of the molecule is CC(CO)(NC(=O)c1n[nH]c2c1CCC2)C1CCCCC1. The number of hydrogen-bond acceptors (Lipinski definition) is 3. The predicted molar refractivity (Wildman–Crippen MR) is 80.1 cm³/mol. The molecule has 2 aliphatic rings. The van der Waals surface area contributed by atoms with Crippen molar-refractivity contribution in [1.82, 2.24) is 15.5 Å². The normalized spacial score (nSPS) is 21.8. The summed E-state index contributed by atoms with van der Waals surface area (Å²) >= 11 is 0. The Kier molecular flexibility index (Phi) is 4.02. The molecule has 2 aliphatic carbocycles. The molecule has 1 saturated carbocycles. The van der Waals surface area contributed by atoms with Gasteiger partial charge in [-0.05, 0) is 44.9 Å². The van der Waals surface area contributed by atoms with Crippen molar-refractivity contribution in [2.75, 3.05) is 6.61 Å². The molecule has 21 heavy (non-hydrogen) atoms. The van der Waals surface area contributed by atoms with Crippen molar-refractivity contribution in [3.05, 3.63) is 17.0 Å². The van der Waals surface area contributed by atoms with E-state index in [-0.39, 0.29) is 12.5 Å². The van der Waals surface area contributed by atoms with Crippen LogP contribution in [-0.2, 0) is 12.8 Å². The monoisotopic (exact) mass is 291 g/mol. The Morgan fingerprint density at radius 1 is 1.33 bits per heavy atom. The van der Waals surface area contributed by atoms with Gasteiger partial charge in [0.1, 0.15) is 0 Å². The quantitative estimate of drug-likeness (QED) is 0.793. The van der Waals surface area contributed by atoms with E-state index in [1.54, 1.807) is 0 Å². The van der Waals surface area contributed by atoms with Crippen LogP contribution in [0.25, 0.3) is 0 Å². The standard InChI is InChI=1S/C16H25N3O2/c1-16(10-20,11-6-3-2-4-7-11)17-15(21)14-12-8-5-9-13(12)18-19-14/h11,20H,2-10H2,1H3,(H,17,21)(H,18,19). The fourth-order valence-corrected chi connectivity index (χ4v) is 3.84. The van der Waals surface area contributed by atoms with E-state index in [9.17, 15) is 9.90 Å². The number of nitrogens with zero attached hydrogens (tertiary/aromatic N) is 1. The zero-order valence-electron chi connectivity index (χ0n) is 12.7. The summed E-state index contributed by atoms with van der Waals surface area (Å²) in [6.45, 7) is 1.95. The van der Waals surface area contributed by atoms with Gasteiger partial charge in [0.25, 0.3) is 5.91 Å². The first-order chi connectivity index (χ1) is 10.1. The number of nitrogens with one attached hydrogen (secondary N) is 2. The molecule has 1 amide bonds.